The van der Waals surface area contributed by atoms with Crippen molar-refractivity contribution in [3.63, 3.8) is 0 Å². The highest BCUT2D eigenvalue weighted by molar-refractivity contribution is 7.98. The molecular weight excluding hydrogens is 196 g/mol. The lowest BCUT2D eigenvalue weighted by Crippen LogP contribution is -1.82. The Balaban J connectivity index is 1.95. The molecule has 4 heteroatoms. The molecule has 0 amide bonds. The van der Waals surface area contributed by atoms with Crippen molar-refractivity contribution in [1.82, 2.24) is 9.97 Å². The van der Waals surface area contributed by atoms with Gasteiger partial charge in [0.15, 0.2) is 0 Å². The van der Waals surface area contributed by atoms with E-state index in [1.807, 2.05) is 30.3 Å². The summed E-state index contributed by atoms with van der Waals surface area (Å²) in [5.74, 6) is 1.65. The highest BCUT2D eigenvalue weighted by atomic mass is 32.2. The quantitative estimate of drug-likeness (QED) is 0.758. The van der Waals surface area contributed by atoms with Crippen molar-refractivity contribution < 1.29 is 5.11 Å². The van der Waals surface area contributed by atoms with E-state index >= 15 is 0 Å². The lowest BCUT2D eigenvalue weighted by atomic mass is 10.4. The summed E-state index contributed by atoms with van der Waals surface area (Å²) in [6, 6.07) is 10.1. The Kier molecular flexibility index (Phi) is 2.74. The van der Waals surface area contributed by atoms with E-state index in [1.165, 1.54) is 11.1 Å². The highest BCUT2D eigenvalue weighted by Gasteiger charge is 1.99. The molecule has 0 atom stereocenters. The summed E-state index contributed by atoms with van der Waals surface area (Å²) in [5.41, 5.74) is 0. The number of hydrogen-bond donors (Lipinski definition) is 2. The molecule has 1 aromatic carbocycles. The van der Waals surface area contributed by atoms with Crippen LogP contribution in [0.15, 0.2) is 41.4 Å². The zero-order valence-electron chi connectivity index (χ0n) is 7.47. The Bertz CT molecular complexity index is 400. The smallest absolute Gasteiger partial charge is 0.208 e. The third-order valence-electron chi connectivity index (χ3n) is 1.73. The molecule has 0 radical (unpaired) electrons. The first-order valence-electron chi connectivity index (χ1n) is 4.25. The molecule has 14 heavy (non-hydrogen) atoms. The average Bonchev–Trinajstić information content (AvgIpc) is 2.63. The summed E-state index contributed by atoms with van der Waals surface area (Å²) in [5, 5.41) is 9.02. The SMILES string of the molecule is Oc1cnc(CSc2ccccc2)[nH]1. The maximum Gasteiger partial charge on any atom is 0.208 e. The molecule has 0 saturated carbocycles. The first-order valence-corrected chi connectivity index (χ1v) is 5.24. The van der Waals surface area contributed by atoms with Crippen molar-refractivity contribution in [3.8, 4) is 5.88 Å². The van der Waals surface area contributed by atoms with Crippen LogP contribution in [-0.4, -0.2) is 15.1 Å². The second kappa shape index (κ2) is 4.19. The minimum atomic E-state index is 0.119. The van der Waals surface area contributed by atoms with Crippen LogP contribution in [0.25, 0.3) is 0 Å². The Hall–Kier alpha value is -1.42. The number of rotatable bonds is 3. The molecule has 0 spiro atoms. The van der Waals surface area contributed by atoms with Gasteiger partial charge in [0.05, 0.1) is 11.9 Å². The van der Waals surface area contributed by atoms with Crippen molar-refractivity contribution in [2.75, 3.05) is 0 Å². The molecule has 1 aromatic heterocycles. The molecule has 0 aliphatic rings. The molecule has 0 fully saturated rings. The average molecular weight is 206 g/mol. The number of benzene rings is 1. The summed E-state index contributed by atoms with van der Waals surface area (Å²) >= 11 is 1.68. The fraction of sp³-hybridized carbons (Fsp3) is 0.100. The van der Waals surface area contributed by atoms with Gasteiger partial charge in [0.25, 0.3) is 0 Å². The van der Waals surface area contributed by atoms with Crippen LogP contribution in [0.3, 0.4) is 0 Å². The van der Waals surface area contributed by atoms with Gasteiger partial charge >= 0.3 is 0 Å². The Morgan fingerprint density at radius 3 is 2.71 bits per heavy atom. The zero-order valence-corrected chi connectivity index (χ0v) is 8.29. The third-order valence-corrected chi connectivity index (χ3v) is 2.76. The van der Waals surface area contributed by atoms with E-state index in [-0.39, 0.29) is 5.88 Å². The van der Waals surface area contributed by atoms with E-state index in [0.29, 0.717) is 0 Å². The molecule has 0 bridgehead atoms. The van der Waals surface area contributed by atoms with Crippen LogP contribution in [0.1, 0.15) is 5.82 Å². The van der Waals surface area contributed by atoms with E-state index in [9.17, 15) is 0 Å². The van der Waals surface area contributed by atoms with Gasteiger partial charge in [-0.2, -0.15) is 0 Å². The molecule has 1 heterocycles. The number of nitrogens with zero attached hydrogens (tertiary/aromatic N) is 1. The minimum Gasteiger partial charge on any atom is -0.493 e. The van der Waals surface area contributed by atoms with Crippen LogP contribution in [0.5, 0.6) is 5.88 Å². The van der Waals surface area contributed by atoms with Crippen LogP contribution in [0.4, 0.5) is 0 Å². The first kappa shape index (κ1) is 9.15. The van der Waals surface area contributed by atoms with Crippen LogP contribution < -0.4 is 0 Å². The van der Waals surface area contributed by atoms with E-state index in [4.69, 9.17) is 5.11 Å². The molecule has 0 saturated heterocycles. The van der Waals surface area contributed by atoms with Crippen molar-refractivity contribution in [2.45, 2.75) is 10.6 Å². The second-order valence-electron chi connectivity index (χ2n) is 2.82. The van der Waals surface area contributed by atoms with Crippen molar-refractivity contribution in [1.29, 1.82) is 0 Å². The lowest BCUT2D eigenvalue weighted by molar-refractivity contribution is 0.456. The molecule has 2 aromatic rings. The Labute approximate surface area is 86.2 Å². The van der Waals surface area contributed by atoms with Gasteiger partial charge in [-0.15, -0.1) is 11.8 Å². The molecule has 72 valence electrons. The number of imidazole rings is 1. The second-order valence-corrected chi connectivity index (χ2v) is 3.87. The molecule has 3 nitrogen and oxygen atoms in total. The zero-order chi connectivity index (χ0) is 9.80. The number of aromatic nitrogens is 2. The molecule has 0 unspecified atom stereocenters. The van der Waals surface area contributed by atoms with Gasteiger partial charge in [0.1, 0.15) is 5.82 Å². The standard InChI is InChI=1S/C10H10N2OS/c13-10-6-11-9(12-10)7-14-8-4-2-1-3-5-8/h1-6,13H,7H2,(H,11,12). The predicted octanol–water partition coefficient (Wildman–Crippen LogP) is 2.41. The summed E-state index contributed by atoms with van der Waals surface area (Å²) in [4.78, 5) is 7.97. The monoisotopic (exact) mass is 206 g/mol. The van der Waals surface area contributed by atoms with Crippen LogP contribution >= 0.6 is 11.8 Å². The number of H-pyrrole nitrogens is 1. The Morgan fingerprint density at radius 2 is 2.07 bits per heavy atom. The van der Waals surface area contributed by atoms with E-state index < -0.39 is 0 Å². The molecule has 0 aliphatic heterocycles. The van der Waals surface area contributed by atoms with E-state index in [0.717, 1.165) is 11.6 Å². The normalized spacial score (nSPS) is 10.3. The fourth-order valence-electron chi connectivity index (χ4n) is 1.09. The number of nitrogens with one attached hydrogen (secondary N) is 1. The number of thioether (sulfide) groups is 1. The van der Waals surface area contributed by atoms with Crippen molar-refractivity contribution >= 4 is 11.8 Å². The topological polar surface area (TPSA) is 48.9 Å². The molecule has 2 rings (SSSR count). The van der Waals surface area contributed by atoms with Gasteiger partial charge in [0, 0.05) is 4.90 Å². The number of aromatic amines is 1. The van der Waals surface area contributed by atoms with Crippen LogP contribution in [0.2, 0.25) is 0 Å². The van der Waals surface area contributed by atoms with Gasteiger partial charge in [0.2, 0.25) is 5.88 Å². The van der Waals surface area contributed by atoms with Gasteiger partial charge < -0.3 is 10.1 Å². The van der Waals surface area contributed by atoms with E-state index in [2.05, 4.69) is 9.97 Å². The van der Waals surface area contributed by atoms with Crippen molar-refractivity contribution in [3.05, 3.63) is 42.4 Å². The molecular formula is C10H10N2OS. The summed E-state index contributed by atoms with van der Waals surface area (Å²) in [6.45, 7) is 0. The molecule has 0 aliphatic carbocycles. The van der Waals surface area contributed by atoms with Crippen LogP contribution in [-0.2, 0) is 5.75 Å². The van der Waals surface area contributed by atoms with Gasteiger partial charge in [-0.3, -0.25) is 0 Å². The van der Waals surface area contributed by atoms with Gasteiger partial charge in [-0.25, -0.2) is 4.98 Å². The van der Waals surface area contributed by atoms with Gasteiger partial charge in [-0.05, 0) is 12.1 Å². The number of hydrogen-bond acceptors (Lipinski definition) is 3. The highest BCUT2D eigenvalue weighted by Crippen LogP contribution is 2.21. The first-order chi connectivity index (χ1) is 6.84. The fourth-order valence-corrected chi connectivity index (χ4v) is 1.89. The lowest BCUT2D eigenvalue weighted by Gasteiger charge is -1.97. The largest absolute Gasteiger partial charge is 0.493 e. The summed E-state index contributed by atoms with van der Waals surface area (Å²) in [7, 11) is 0. The Morgan fingerprint density at radius 1 is 1.29 bits per heavy atom. The van der Waals surface area contributed by atoms with Gasteiger partial charge in [-0.1, -0.05) is 18.2 Å². The summed E-state index contributed by atoms with van der Waals surface area (Å²) < 4.78 is 0. The maximum absolute atomic E-state index is 9.02. The summed E-state index contributed by atoms with van der Waals surface area (Å²) in [6.07, 6.45) is 1.42. The van der Waals surface area contributed by atoms with Crippen LogP contribution in [0, 0.1) is 0 Å². The third kappa shape index (κ3) is 2.29. The predicted molar refractivity (Wildman–Crippen MR) is 56.3 cm³/mol. The minimum absolute atomic E-state index is 0.119. The van der Waals surface area contributed by atoms with E-state index in [1.54, 1.807) is 11.8 Å². The number of aromatic hydroxyl groups is 1. The maximum atomic E-state index is 9.02. The molecule has 2 N–H and O–H groups in total. The van der Waals surface area contributed by atoms with Crippen molar-refractivity contribution in [2.24, 2.45) is 0 Å².